The van der Waals surface area contributed by atoms with E-state index in [-0.39, 0.29) is 11.3 Å². The minimum atomic E-state index is -1.10. The first-order valence-corrected chi connectivity index (χ1v) is 5.85. The van der Waals surface area contributed by atoms with E-state index in [1.165, 1.54) is 18.2 Å². The van der Waals surface area contributed by atoms with E-state index in [0.29, 0.717) is 12.2 Å². The van der Waals surface area contributed by atoms with Gasteiger partial charge in [-0.2, -0.15) is 0 Å². The molecule has 1 aromatic carbocycles. The summed E-state index contributed by atoms with van der Waals surface area (Å²) in [7, 11) is 3.54. The van der Waals surface area contributed by atoms with Crippen LogP contribution in [0.15, 0.2) is 18.2 Å². The Morgan fingerprint density at radius 1 is 1.53 bits per heavy atom. The third-order valence-corrected chi connectivity index (χ3v) is 2.75. The fourth-order valence-corrected chi connectivity index (χ4v) is 1.73. The van der Waals surface area contributed by atoms with E-state index in [4.69, 9.17) is 5.11 Å². The fraction of sp³-hybridized carbons (Fsp3) is 0.417. The number of nitro groups is 1. The fourth-order valence-electron chi connectivity index (χ4n) is 1.73. The summed E-state index contributed by atoms with van der Waals surface area (Å²) in [5, 5.41) is 22.9. The van der Waals surface area contributed by atoms with Crippen molar-refractivity contribution in [2.45, 2.75) is 6.42 Å². The molecule has 0 aliphatic rings. The second-order valence-corrected chi connectivity index (χ2v) is 4.14. The lowest BCUT2D eigenvalue weighted by atomic mass is 10.1. The van der Waals surface area contributed by atoms with Crippen molar-refractivity contribution in [1.29, 1.82) is 0 Å². The Balaban J connectivity index is 3.02. The molecule has 0 aromatic heterocycles. The monoisotopic (exact) mass is 267 g/mol. The van der Waals surface area contributed by atoms with Crippen molar-refractivity contribution in [1.82, 2.24) is 5.32 Å². The van der Waals surface area contributed by atoms with Crippen LogP contribution < -0.4 is 10.2 Å². The van der Waals surface area contributed by atoms with Gasteiger partial charge in [0.1, 0.15) is 5.69 Å². The topological polar surface area (TPSA) is 95.7 Å². The molecule has 0 unspecified atom stereocenters. The summed E-state index contributed by atoms with van der Waals surface area (Å²) in [5.41, 5.74) is 0.277. The predicted molar refractivity (Wildman–Crippen MR) is 71.9 cm³/mol. The number of carboxylic acids is 1. The van der Waals surface area contributed by atoms with Crippen LogP contribution in [0, 0.1) is 10.1 Å². The molecule has 0 bridgehead atoms. The van der Waals surface area contributed by atoms with Gasteiger partial charge in [-0.25, -0.2) is 4.79 Å². The summed E-state index contributed by atoms with van der Waals surface area (Å²) in [6, 6.07) is 3.80. The van der Waals surface area contributed by atoms with Crippen molar-refractivity contribution in [3.8, 4) is 0 Å². The van der Waals surface area contributed by atoms with Crippen molar-refractivity contribution in [3.63, 3.8) is 0 Å². The summed E-state index contributed by atoms with van der Waals surface area (Å²) >= 11 is 0. The summed E-state index contributed by atoms with van der Waals surface area (Å²) in [4.78, 5) is 23.1. The van der Waals surface area contributed by atoms with Crippen molar-refractivity contribution in [2.75, 3.05) is 32.1 Å². The van der Waals surface area contributed by atoms with Gasteiger partial charge in [-0.15, -0.1) is 0 Å². The van der Waals surface area contributed by atoms with E-state index in [2.05, 4.69) is 5.32 Å². The Morgan fingerprint density at radius 2 is 2.21 bits per heavy atom. The third kappa shape index (κ3) is 3.92. The van der Waals surface area contributed by atoms with Crippen LogP contribution in [0.3, 0.4) is 0 Å². The van der Waals surface area contributed by atoms with Gasteiger partial charge in [0, 0.05) is 19.7 Å². The zero-order valence-corrected chi connectivity index (χ0v) is 10.9. The molecule has 0 saturated heterocycles. The molecule has 7 nitrogen and oxygen atoms in total. The number of anilines is 1. The maximum Gasteiger partial charge on any atom is 0.335 e. The van der Waals surface area contributed by atoms with Crippen molar-refractivity contribution >= 4 is 17.3 Å². The molecule has 0 amide bonds. The number of rotatable bonds is 7. The maximum absolute atomic E-state index is 11.0. The highest BCUT2D eigenvalue weighted by Gasteiger charge is 2.19. The molecule has 0 radical (unpaired) electrons. The van der Waals surface area contributed by atoms with Crippen LogP contribution in [-0.2, 0) is 0 Å². The summed E-state index contributed by atoms with van der Waals surface area (Å²) in [6.45, 7) is 1.39. The lowest BCUT2D eigenvalue weighted by Gasteiger charge is -2.19. The number of nitrogens with zero attached hydrogens (tertiary/aromatic N) is 2. The number of hydrogen-bond donors (Lipinski definition) is 2. The van der Waals surface area contributed by atoms with Crippen molar-refractivity contribution < 1.29 is 14.8 Å². The van der Waals surface area contributed by atoms with E-state index in [1.807, 2.05) is 7.05 Å². The highest BCUT2D eigenvalue weighted by atomic mass is 16.6. The van der Waals surface area contributed by atoms with Crippen LogP contribution in [0.25, 0.3) is 0 Å². The molecule has 0 saturated carbocycles. The lowest BCUT2D eigenvalue weighted by Crippen LogP contribution is -2.23. The highest BCUT2D eigenvalue weighted by molar-refractivity contribution is 5.90. The molecule has 0 heterocycles. The molecule has 0 atom stereocenters. The summed E-state index contributed by atoms with van der Waals surface area (Å²) in [5.74, 6) is -1.10. The zero-order chi connectivity index (χ0) is 14.4. The number of aromatic carboxylic acids is 1. The van der Waals surface area contributed by atoms with Crippen molar-refractivity contribution in [3.05, 3.63) is 33.9 Å². The average Bonchev–Trinajstić information content (AvgIpc) is 2.37. The van der Waals surface area contributed by atoms with Crippen LogP contribution in [0.1, 0.15) is 16.8 Å². The van der Waals surface area contributed by atoms with E-state index in [0.717, 1.165) is 13.0 Å². The average molecular weight is 267 g/mol. The maximum atomic E-state index is 11.0. The van der Waals surface area contributed by atoms with Gasteiger partial charge >= 0.3 is 5.97 Å². The Bertz CT molecular complexity index is 476. The molecular weight excluding hydrogens is 250 g/mol. The molecule has 2 N–H and O–H groups in total. The van der Waals surface area contributed by atoms with E-state index < -0.39 is 10.9 Å². The number of hydrogen-bond acceptors (Lipinski definition) is 5. The van der Waals surface area contributed by atoms with E-state index in [9.17, 15) is 14.9 Å². The summed E-state index contributed by atoms with van der Waals surface area (Å²) in [6.07, 6.45) is 0.807. The van der Waals surface area contributed by atoms with E-state index in [1.54, 1.807) is 11.9 Å². The molecule has 0 fully saturated rings. The molecule has 19 heavy (non-hydrogen) atoms. The number of nitrogens with one attached hydrogen (secondary N) is 1. The first-order chi connectivity index (χ1) is 8.97. The standard InChI is InChI=1S/C12H17N3O4/c1-13-6-3-7-14(2)11-8-9(12(16)17)4-5-10(11)15(18)19/h4-5,8,13H,3,6-7H2,1-2H3,(H,16,17). The number of nitro benzene ring substituents is 1. The van der Waals surface area contributed by atoms with Gasteiger partial charge in [-0.05, 0) is 32.1 Å². The SMILES string of the molecule is CNCCCN(C)c1cc(C(=O)O)ccc1[N+](=O)[O-]. The van der Waals surface area contributed by atoms with Gasteiger partial charge in [-0.1, -0.05) is 0 Å². The minimum absolute atomic E-state index is 0.0427. The Kier molecular flexibility index (Phi) is 5.25. The largest absolute Gasteiger partial charge is 0.478 e. The van der Waals surface area contributed by atoms with Crippen LogP contribution in [0.4, 0.5) is 11.4 Å². The summed E-state index contributed by atoms with van der Waals surface area (Å²) < 4.78 is 0. The van der Waals surface area contributed by atoms with Gasteiger partial charge in [-0.3, -0.25) is 10.1 Å². The van der Waals surface area contributed by atoms with Crippen LogP contribution in [0.5, 0.6) is 0 Å². The van der Waals surface area contributed by atoms with Gasteiger partial charge in [0.25, 0.3) is 5.69 Å². The molecule has 1 aromatic rings. The van der Waals surface area contributed by atoms with Crippen LogP contribution in [-0.4, -0.2) is 43.2 Å². The molecular formula is C12H17N3O4. The Hall–Kier alpha value is -2.15. The minimum Gasteiger partial charge on any atom is -0.478 e. The number of carboxylic acid groups (broad SMARTS) is 1. The third-order valence-electron chi connectivity index (χ3n) is 2.75. The highest BCUT2D eigenvalue weighted by Crippen LogP contribution is 2.28. The van der Waals surface area contributed by atoms with Gasteiger partial charge in [0.05, 0.1) is 10.5 Å². The number of benzene rings is 1. The molecule has 0 aliphatic heterocycles. The van der Waals surface area contributed by atoms with Gasteiger partial charge in [0.2, 0.25) is 0 Å². The molecule has 7 heteroatoms. The lowest BCUT2D eigenvalue weighted by molar-refractivity contribution is -0.384. The van der Waals surface area contributed by atoms with Crippen LogP contribution >= 0.6 is 0 Å². The van der Waals surface area contributed by atoms with E-state index >= 15 is 0 Å². The molecule has 1 rings (SSSR count). The normalized spacial score (nSPS) is 10.2. The van der Waals surface area contributed by atoms with Gasteiger partial charge in [0.15, 0.2) is 0 Å². The predicted octanol–water partition coefficient (Wildman–Crippen LogP) is 1.34. The molecule has 0 aliphatic carbocycles. The zero-order valence-electron chi connectivity index (χ0n) is 10.9. The smallest absolute Gasteiger partial charge is 0.335 e. The van der Waals surface area contributed by atoms with Crippen molar-refractivity contribution in [2.24, 2.45) is 0 Å². The Morgan fingerprint density at radius 3 is 2.74 bits per heavy atom. The second-order valence-electron chi connectivity index (χ2n) is 4.14. The van der Waals surface area contributed by atoms with Gasteiger partial charge < -0.3 is 15.3 Å². The quantitative estimate of drug-likeness (QED) is 0.439. The Labute approximate surface area is 111 Å². The van der Waals surface area contributed by atoms with Crippen LogP contribution in [0.2, 0.25) is 0 Å². The molecule has 0 spiro atoms. The second kappa shape index (κ2) is 6.69. The first-order valence-electron chi connectivity index (χ1n) is 5.85. The number of carbonyl (C=O) groups is 1. The molecule has 104 valence electrons. The first kappa shape index (κ1) is 14.9.